The van der Waals surface area contributed by atoms with Crippen LogP contribution in [-0.4, -0.2) is 120 Å². The number of H-pyrrole nitrogens is 1. The lowest BCUT2D eigenvalue weighted by Crippen LogP contribution is -2.51. The molecule has 13 heteroatoms. The minimum atomic E-state index is -1.33. The molecule has 4 aromatic rings. The predicted octanol–water partition coefficient (Wildman–Crippen LogP) is 1.42. The average molecular weight is 625 g/mol. The van der Waals surface area contributed by atoms with Crippen molar-refractivity contribution in [1.29, 1.82) is 0 Å². The topological polar surface area (TPSA) is 152 Å². The van der Waals surface area contributed by atoms with Crippen LogP contribution in [0.25, 0.3) is 10.9 Å². The third-order valence-corrected chi connectivity index (χ3v) is 8.72. The van der Waals surface area contributed by atoms with Gasteiger partial charge >= 0.3 is 7.12 Å². The van der Waals surface area contributed by atoms with E-state index < -0.39 is 31.7 Å². The third-order valence-electron chi connectivity index (χ3n) is 8.72. The van der Waals surface area contributed by atoms with Crippen LogP contribution in [0.3, 0.4) is 0 Å². The van der Waals surface area contributed by atoms with E-state index in [1.165, 1.54) is 0 Å². The molecular formula is C33H36BN5O7. The van der Waals surface area contributed by atoms with E-state index in [1.807, 2.05) is 72.8 Å². The Kier molecular flexibility index (Phi) is 8.62. The number of likely N-dealkylation sites (N-methyl/N-ethyl adjacent to an activating group) is 1. The van der Waals surface area contributed by atoms with Crippen molar-refractivity contribution in [2.75, 3.05) is 51.7 Å². The summed E-state index contributed by atoms with van der Waals surface area (Å²) in [4.78, 5) is 25.1. The first-order chi connectivity index (χ1) is 22.3. The summed E-state index contributed by atoms with van der Waals surface area (Å²) in [6.07, 6.45) is -3.77. The molecule has 1 amide bonds. The third kappa shape index (κ3) is 6.31. The van der Waals surface area contributed by atoms with Gasteiger partial charge in [0, 0.05) is 48.3 Å². The van der Waals surface area contributed by atoms with Gasteiger partial charge in [0.15, 0.2) is 12.2 Å². The number of rotatable bonds is 7. The lowest BCUT2D eigenvalue weighted by Gasteiger charge is -2.32. The Labute approximate surface area is 266 Å². The molecule has 5 N–H and O–H groups in total. The highest BCUT2D eigenvalue weighted by molar-refractivity contribution is 6.62. The molecule has 0 aliphatic carbocycles. The molecule has 3 aliphatic heterocycles. The van der Waals surface area contributed by atoms with E-state index in [0.29, 0.717) is 40.2 Å². The Morgan fingerprint density at radius 3 is 2.54 bits per heavy atom. The fourth-order valence-corrected chi connectivity index (χ4v) is 6.15. The van der Waals surface area contributed by atoms with Gasteiger partial charge in [-0.15, -0.1) is 0 Å². The van der Waals surface area contributed by atoms with Crippen LogP contribution in [0.15, 0.2) is 77.8 Å². The summed E-state index contributed by atoms with van der Waals surface area (Å²) in [5.74, 6) is -0.0976. The van der Waals surface area contributed by atoms with Gasteiger partial charge in [0.2, 0.25) is 5.91 Å². The molecule has 4 heterocycles. The summed E-state index contributed by atoms with van der Waals surface area (Å²) in [5, 5.41) is 35.0. The molecule has 3 fully saturated rings. The van der Waals surface area contributed by atoms with Crippen molar-refractivity contribution in [2.45, 2.75) is 24.6 Å². The molecule has 0 saturated carbocycles. The molecule has 0 spiro atoms. The van der Waals surface area contributed by atoms with E-state index >= 15 is 0 Å². The fraction of sp³-hybridized carbons (Fsp3) is 0.333. The number of aliphatic imine (C=N–C) groups is 1. The molecule has 4 atom stereocenters. The number of piperazine rings is 1. The molecule has 3 aromatic carbocycles. The van der Waals surface area contributed by atoms with Gasteiger partial charge < -0.3 is 44.6 Å². The summed E-state index contributed by atoms with van der Waals surface area (Å²) < 4.78 is 17.1. The van der Waals surface area contributed by atoms with Crippen LogP contribution in [-0.2, 0) is 18.8 Å². The number of anilines is 1. The summed E-state index contributed by atoms with van der Waals surface area (Å²) in [5.41, 5.74) is 4.58. The number of aliphatic hydroxyl groups excluding tert-OH is 2. The number of aromatic amines is 1. The highest BCUT2D eigenvalue weighted by Crippen LogP contribution is 2.32. The SMILES string of the molecule is CN1CCN(CC(=O)Nc2ccc(N=C(c3ccccc3)c3c(O)[nH]c4cc(B5O[C@@H]6COC(O)C(O)[C@@H]6O5)ccc34)cc2)CC1. The van der Waals surface area contributed by atoms with E-state index in [1.54, 1.807) is 0 Å². The fourth-order valence-electron chi connectivity index (χ4n) is 6.15. The van der Waals surface area contributed by atoms with Crippen molar-refractivity contribution >= 4 is 46.5 Å². The number of carbonyl (C=O) groups is 1. The van der Waals surface area contributed by atoms with Gasteiger partial charge in [-0.05, 0) is 42.8 Å². The van der Waals surface area contributed by atoms with Crippen molar-refractivity contribution in [2.24, 2.45) is 4.99 Å². The van der Waals surface area contributed by atoms with Crippen LogP contribution in [0.5, 0.6) is 5.88 Å². The number of hydrogen-bond acceptors (Lipinski definition) is 10. The van der Waals surface area contributed by atoms with E-state index in [0.717, 1.165) is 37.1 Å². The summed E-state index contributed by atoms with van der Waals surface area (Å²) in [6, 6.07) is 22.5. The number of ether oxygens (including phenoxy) is 1. The standard InChI is InChI=1S/C33H36BN5O7/c1-38-13-15-39(16-14-38)18-27(40)35-22-8-10-23(11-9-22)36-29(20-5-3-2-4-6-20)28-24-12-7-21(17-25(24)37-32(28)42)34-45-26-19-44-33(43)30(41)31(26)46-34/h2-12,17,26,30-31,33,37,41-43H,13-16,18-19H2,1H3,(H,35,40)/t26-,30?,31-,33?/m1/s1. The van der Waals surface area contributed by atoms with Gasteiger partial charge in [0.1, 0.15) is 12.2 Å². The van der Waals surface area contributed by atoms with Crippen molar-refractivity contribution in [3.63, 3.8) is 0 Å². The molecule has 3 saturated heterocycles. The number of benzene rings is 3. The number of aromatic nitrogens is 1. The van der Waals surface area contributed by atoms with Crippen LogP contribution in [0.4, 0.5) is 11.4 Å². The quantitative estimate of drug-likeness (QED) is 0.152. The predicted molar refractivity (Wildman–Crippen MR) is 174 cm³/mol. The zero-order valence-electron chi connectivity index (χ0n) is 25.4. The van der Waals surface area contributed by atoms with Crippen molar-refractivity contribution in [3.05, 3.63) is 83.9 Å². The van der Waals surface area contributed by atoms with Crippen LogP contribution in [0, 0.1) is 0 Å². The minimum absolute atomic E-state index is 0.0450. The van der Waals surface area contributed by atoms with Gasteiger partial charge in [0.05, 0.1) is 36.2 Å². The number of amides is 1. The van der Waals surface area contributed by atoms with E-state index in [4.69, 9.17) is 19.0 Å². The molecule has 7 rings (SSSR count). The first-order valence-electron chi connectivity index (χ1n) is 15.4. The van der Waals surface area contributed by atoms with E-state index in [-0.39, 0.29) is 18.4 Å². The first-order valence-corrected chi connectivity index (χ1v) is 15.4. The number of aromatic hydroxyl groups is 1. The van der Waals surface area contributed by atoms with Gasteiger partial charge in [0.25, 0.3) is 0 Å². The Bertz CT molecular complexity index is 1730. The Balaban J connectivity index is 1.13. The van der Waals surface area contributed by atoms with Gasteiger partial charge in [-0.3, -0.25) is 9.69 Å². The maximum atomic E-state index is 12.7. The Morgan fingerprint density at radius 1 is 1.02 bits per heavy atom. The Hall–Kier alpha value is -4.08. The monoisotopic (exact) mass is 625 g/mol. The normalized spacial score (nSPS) is 24.3. The summed E-state index contributed by atoms with van der Waals surface area (Å²) in [6.45, 7) is 4.11. The second-order valence-electron chi connectivity index (χ2n) is 12.0. The molecule has 46 heavy (non-hydrogen) atoms. The molecule has 3 aliphatic rings. The number of nitrogens with zero attached hydrogens (tertiary/aromatic N) is 3. The maximum Gasteiger partial charge on any atom is 0.494 e. The molecule has 238 valence electrons. The highest BCUT2D eigenvalue weighted by atomic mass is 16.7. The molecule has 0 bridgehead atoms. The number of aliphatic hydroxyl groups is 2. The van der Waals surface area contributed by atoms with Crippen LogP contribution in [0.2, 0.25) is 0 Å². The summed E-state index contributed by atoms with van der Waals surface area (Å²) >= 11 is 0. The van der Waals surface area contributed by atoms with Crippen LogP contribution < -0.4 is 10.8 Å². The van der Waals surface area contributed by atoms with Crippen molar-refractivity contribution < 1.29 is 34.2 Å². The largest absolute Gasteiger partial charge is 0.494 e. The number of nitrogens with one attached hydrogen (secondary N) is 2. The highest BCUT2D eigenvalue weighted by Gasteiger charge is 2.49. The molecule has 0 radical (unpaired) electrons. The number of hydrogen-bond donors (Lipinski definition) is 5. The summed E-state index contributed by atoms with van der Waals surface area (Å²) in [7, 11) is 1.31. The molecule has 12 nitrogen and oxygen atoms in total. The average Bonchev–Trinajstić information content (AvgIpc) is 3.64. The maximum absolute atomic E-state index is 12.7. The van der Waals surface area contributed by atoms with Crippen molar-refractivity contribution in [3.8, 4) is 5.88 Å². The molecule has 2 unspecified atom stereocenters. The van der Waals surface area contributed by atoms with E-state index in [9.17, 15) is 20.1 Å². The minimum Gasteiger partial charge on any atom is -0.494 e. The van der Waals surface area contributed by atoms with Crippen molar-refractivity contribution in [1.82, 2.24) is 14.8 Å². The lowest BCUT2D eigenvalue weighted by molar-refractivity contribution is -0.228. The van der Waals surface area contributed by atoms with Gasteiger partial charge in [-0.1, -0.05) is 42.5 Å². The Morgan fingerprint density at radius 2 is 1.78 bits per heavy atom. The lowest BCUT2D eigenvalue weighted by atomic mass is 9.79. The zero-order chi connectivity index (χ0) is 31.8. The number of fused-ring (bicyclic) bond motifs is 2. The van der Waals surface area contributed by atoms with Gasteiger partial charge in [-0.25, -0.2) is 4.99 Å². The number of carbonyl (C=O) groups excluding carboxylic acids is 1. The van der Waals surface area contributed by atoms with Crippen LogP contribution in [0.1, 0.15) is 11.1 Å². The van der Waals surface area contributed by atoms with Gasteiger partial charge in [-0.2, -0.15) is 0 Å². The zero-order valence-corrected chi connectivity index (χ0v) is 25.4. The smallest absolute Gasteiger partial charge is 0.494 e. The first kappa shape index (κ1) is 30.6. The van der Waals surface area contributed by atoms with E-state index in [2.05, 4.69) is 27.1 Å². The molecule has 1 aromatic heterocycles. The second kappa shape index (κ2) is 13.0. The van der Waals surface area contributed by atoms with Crippen LogP contribution >= 0.6 is 0 Å². The second-order valence-corrected chi connectivity index (χ2v) is 12.0. The molecular weight excluding hydrogens is 589 g/mol.